The molecule has 1 unspecified atom stereocenters. The Morgan fingerprint density at radius 3 is 2.16 bits per heavy atom. The van der Waals surface area contributed by atoms with Gasteiger partial charge < -0.3 is 26.2 Å². The Labute approximate surface area is 295 Å². The lowest BCUT2D eigenvalue weighted by atomic mass is 9.76. The largest absolute Gasteiger partial charge is 0.346 e. The highest BCUT2D eigenvalue weighted by Crippen LogP contribution is 2.43. The van der Waals surface area contributed by atoms with E-state index in [1.165, 1.54) is 12.5 Å². The fourth-order valence-corrected chi connectivity index (χ4v) is 8.67. The molecule has 0 bridgehead atoms. The average Bonchev–Trinajstić information content (AvgIpc) is 3.60. The summed E-state index contributed by atoms with van der Waals surface area (Å²) in [7, 11) is 0. The van der Waals surface area contributed by atoms with E-state index in [-0.39, 0.29) is 53.1 Å². The number of rotatable bonds is 14. The number of amides is 5. The molecule has 5 atom stereocenters. The number of Topliss-reactive ketones (excluding diaryl/α,β-unsaturated/α-hetero) is 1. The molecular formula is C39H65N5O5. The van der Waals surface area contributed by atoms with Crippen molar-refractivity contribution in [1.29, 1.82) is 0 Å². The van der Waals surface area contributed by atoms with Gasteiger partial charge in [0.25, 0.3) is 5.91 Å². The van der Waals surface area contributed by atoms with E-state index >= 15 is 0 Å². The maximum absolute atomic E-state index is 14.6. The molecule has 4 aliphatic rings. The Morgan fingerprint density at radius 1 is 0.898 bits per heavy atom. The summed E-state index contributed by atoms with van der Waals surface area (Å²) in [6.45, 7) is 16.8. The molecule has 1 aliphatic heterocycles. The molecule has 0 spiro atoms. The van der Waals surface area contributed by atoms with Crippen molar-refractivity contribution in [1.82, 2.24) is 26.2 Å². The zero-order valence-corrected chi connectivity index (χ0v) is 31.3. The zero-order valence-electron chi connectivity index (χ0n) is 31.3. The molecule has 1 heterocycles. The van der Waals surface area contributed by atoms with E-state index < -0.39 is 35.2 Å². The van der Waals surface area contributed by atoms with Crippen LogP contribution in [0.3, 0.4) is 0 Å². The number of ketones is 1. The van der Waals surface area contributed by atoms with Crippen molar-refractivity contribution in [2.45, 2.75) is 162 Å². The molecule has 0 aromatic heterocycles. The van der Waals surface area contributed by atoms with Gasteiger partial charge in [-0.15, -0.1) is 6.58 Å². The van der Waals surface area contributed by atoms with Gasteiger partial charge in [0.1, 0.15) is 12.1 Å². The van der Waals surface area contributed by atoms with Crippen LogP contribution in [0.25, 0.3) is 0 Å². The maximum Gasteiger partial charge on any atom is 0.315 e. The summed E-state index contributed by atoms with van der Waals surface area (Å²) in [6, 6.07) is -2.89. The molecule has 5 amide bonds. The van der Waals surface area contributed by atoms with Gasteiger partial charge in [0.05, 0.1) is 6.04 Å². The van der Waals surface area contributed by atoms with Crippen LogP contribution in [0.2, 0.25) is 0 Å². The Bertz CT molecular complexity index is 1210. The molecule has 10 heteroatoms. The van der Waals surface area contributed by atoms with E-state index in [0.29, 0.717) is 13.0 Å². The van der Waals surface area contributed by atoms with Crippen molar-refractivity contribution in [2.75, 3.05) is 13.1 Å². The molecule has 276 valence electrons. The van der Waals surface area contributed by atoms with Crippen molar-refractivity contribution in [2.24, 2.45) is 28.6 Å². The molecule has 4 rings (SSSR count). The number of hydrogen-bond donors (Lipinski definition) is 4. The van der Waals surface area contributed by atoms with Crippen molar-refractivity contribution in [3.63, 3.8) is 0 Å². The first-order valence-electron chi connectivity index (χ1n) is 19.2. The van der Waals surface area contributed by atoms with Gasteiger partial charge in [-0.05, 0) is 73.5 Å². The Balaban J connectivity index is 1.51. The molecule has 49 heavy (non-hydrogen) atoms. The average molecular weight is 684 g/mol. The quantitative estimate of drug-likeness (QED) is 0.136. The van der Waals surface area contributed by atoms with Crippen molar-refractivity contribution >= 4 is 29.5 Å². The second-order valence-electron chi connectivity index (χ2n) is 17.9. The molecule has 1 saturated heterocycles. The van der Waals surface area contributed by atoms with Gasteiger partial charge in [-0.2, -0.15) is 0 Å². The van der Waals surface area contributed by atoms with Gasteiger partial charge in [0.2, 0.25) is 17.6 Å². The molecule has 3 aliphatic carbocycles. The third kappa shape index (κ3) is 10.3. The molecule has 0 radical (unpaired) electrons. The minimum absolute atomic E-state index is 0.0271. The number of fused-ring (bicyclic) bond motifs is 1. The van der Waals surface area contributed by atoms with Gasteiger partial charge in [-0.1, -0.05) is 99.0 Å². The van der Waals surface area contributed by atoms with Crippen LogP contribution < -0.4 is 21.3 Å². The molecule has 10 nitrogen and oxygen atoms in total. The summed E-state index contributed by atoms with van der Waals surface area (Å²) in [5.41, 5.74) is -0.682. The lowest BCUT2D eigenvalue weighted by Crippen LogP contribution is -2.62. The first-order chi connectivity index (χ1) is 23.0. The summed E-state index contributed by atoms with van der Waals surface area (Å²) >= 11 is 0. The Morgan fingerprint density at radius 2 is 1.57 bits per heavy atom. The van der Waals surface area contributed by atoms with E-state index in [1.807, 2.05) is 20.8 Å². The fourth-order valence-electron chi connectivity index (χ4n) is 8.67. The van der Waals surface area contributed by atoms with Crippen LogP contribution in [0.5, 0.6) is 0 Å². The van der Waals surface area contributed by atoms with Gasteiger partial charge in [-0.3, -0.25) is 19.2 Å². The summed E-state index contributed by atoms with van der Waals surface area (Å²) in [4.78, 5) is 70.2. The van der Waals surface area contributed by atoms with Crippen LogP contribution in [0.15, 0.2) is 12.7 Å². The van der Waals surface area contributed by atoms with Crippen molar-refractivity contribution in [3.05, 3.63) is 12.7 Å². The number of nitrogens with one attached hydrogen (secondary N) is 4. The molecule has 4 N–H and O–H groups in total. The van der Waals surface area contributed by atoms with Crippen molar-refractivity contribution < 1.29 is 24.0 Å². The normalized spacial score (nSPS) is 24.9. The van der Waals surface area contributed by atoms with Gasteiger partial charge >= 0.3 is 6.03 Å². The van der Waals surface area contributed by atoms with Crippen LogP contribution in [0.4, 0.5) is 4.79 Å². The lowest BCUT2D eigenvalue weighted by Gasteiger charge is -2.41. The second kappa shape index (κ2) is 16.4. The van der Waals surface area contributed by atoms with E-state index in [2.05, 4.69) is 48.6 Å². The number of urea groups is 1. The third-order valence-corrected chi connectivity index (χ3v) is 11.7. The molecular weight excluding hydrogens is 618 g/mol. The SMILES string of the molecule is C=CCNC(=O)C(=O)C(CC1CCC1)NC(=O)[C@@H]1[C@H]2CCC[C@H]2CN1C(=O)[C@@H](NC(=O)NC1(CCCC(C)(C)C)CCCCC1)C(C)(C)C. The highest BCUT2D eigenvalue weighted by atomic mass is 16.2. The van der Waals surface area contributed by atoms with Crippen LogP contribution >= 0.6 is 0 Å². The topological polar surface area (TPSA) is 137 Å². The number of carbonyl (C=O) groups excluding carboxylic acids is 5. The maximum atomic E-state index is 14.6. The van der Waals surface area contributed by atoms with E-state index in [9.17, 15) is 24.0 Å². The smallest absolute Gasteiger partial charge is 0.315 e. The van der Waals surface area contributed by atoms with Crippen LogP contribution in [0, 0.1) is 28.6 Å². The minimum atomic E-state index is -0.952. The molecule has 0 aromatic carbocycles. The lowest BCUT2D eigenvalue weighted by molar-refractivity contribution is -0.144. The van der Waals surface area contributed by atoms with E-state index in [1.54, 1.807) is 4.90 Å². The molecule has 3 saturated carbocycles. The number of likely N-dealkylation sites (tertiary alicyclic amines) is 1. The summed E-state index contributed by atoms with van der Waals surface area (Å²) in [6.07, 6.45) is 15.8. The number of nitrogens with zero attached hydrogens (tertiary/aromatic N) is 1. The minimum Gasteiger partial charge on any atom is -0.346 e. The third-order valence-electron chi connectivity index (χ3n) is 11.7. The van der Waals surface area contributed by atoms with Gasteiger partial charge in [0.15, 0.2) is 0 Å². The van der Waals surface area contributed by atoms with E-state index in [0.717, 1.165) is 83.5 Å². The summed E-state index contributed by atoms with van der Waals surface area (Å²) < 4.78 is 0. The standard InChI is InChI=1S/C39H65N5O5/c1-8-23-40-34(47)31(45)29(24-26-15-12-16-26)41-33(46)30-28-18-13-17-27(28)25-44(30)35(48)32(38(5,6)7)42-36(49)43-39(20-10-9-11-21-39)22-14-19-37(2,3)4/h8,26-30,32H,1,9-25H2,2-7H3,(H,40,47)(H,41,46)(H2,42,43,49)/t27-,28-,29?,30-,32+/m0/s1. The van der Waals surface area contributed by atoms with Crippen LogP contribution in [-0.2, 0) is 19.2 Å². The highest BCUT2D eigenvalue weighted by Gasteiger charge is 2.52. The number of carbonyl (C=O) groups is 5. The molecule has 0 aromatic rings. The number of hydrogen-bond acceptors (Lipinski definition) is 5. The predicted molar refractivity (Wildman–Crippen MR) is 192 cm³/mol. The fraction of sp³-hybridized carbons (Fsp3) is 0.821. The first kappa shape index (κ1) is 38.9. The molecule has 4 fully saturated rings. The Hall–Kier alpha value is -2.91. The summed E-state index contributed by atoms with van der Waals surface area (Å²) in [5, 5.41) is 11.9. The van der Waals surface area contributed by atoms with Crippen LogP contribution in [-0.4, -0.2) is 71.2 Å². The second-order valence-corrected chi connectivity index (χ2v) is 17.9. The monoisotopic (exact) mass is 683 g/mol. The van der Waals surface area contributed by atoms with E-state index in [4.69, 9.17) is 0 Å². The first-order valence-corrected chi connectivity index (χ1v) is 19.2. The van der Waals surface area contributed by atoms with Crippen LogP contribution in [0.1, 0.15) is 138 Å². The van der Waals surface area contributed by atoms with Crippen molar-refractivity contribution in [3.8, 4) is 0 Å². The summed E-state index contributed by atoms with van der Waals surface area (Å²) in [5.74, 6) is -1.62. The van der Waals surface area contributed by atoms with Gasteiger partial charge in [-0.25, -0.2) is 4.79 Å². The highest BCUT2D eigenvalue weighted by molar-refractivity contribution is 6.38. The zero-order chi connectivity index (χ0) is 36.0. The predicted octanol–water partition coefficient (Wildman–Crippen LogP) is 5.79. The van der Waals surface area contributed by atoms with Gasteiger partial charge in [0, 0.05) is 18.6 Å². The Kier molecular flexibility index (Phi) is 13.0.